The second-order valence-corrected chi connectivity index (χ2v) is 7.30. The van der Waals surface area contributed by atoms with Gasteiger partial charge in [0.1, 0.15) is 4.90 Å². The summed E-state index contributed by atoms with van der Waals surface area (Å²) in [5.74, 6) is 0. The van der Waals surface area contributed by atoms with Crippen LogP contribution < -0.4 is 5.73 Å². The maximum absolute atomic E-state index is 12.8. The molecule has 0 amide bonds. The van der Waals surface area contributed by atoms with Gasteiger partial charge in [-0.1, -0.05) is 13.8 Å². The molecule has 0 aromatic carbocycles. The van der Waals surface area contributed by atoms with Gasteiger partial charge in [-0.15, -0.1) is 0 Å². The van der Waals surface area contributed by atoms with Gasteiger partial charge in [-0.3, -0.25) is 0 Å². The van der Waals surface area contributed by atoms with Crippen LogP contribution in [-0.4, -0.2) is 29.9 Å². The number of aromatic nitrogens is 1. The predicted octanol–water partition coefficient (Wildman–Crippen LogP) is 1.92. The monoisotopic (exact) mass is 299 g/mol. The number of aryl methyl sites for hydroxylation is 1. The smallest absolute Gasteiger partial charge is 0.244 e. The molecule has 1 fully saturated rings. The van der Waals surface area contributed by atoms with E-state index in [0.29, 0.717) is 18.0 Å². The minimum absolute atomic E-state index is 0.204. The molecular formula is C14H25N3O2S. The van der Waals surface area contributed by atoms with Crippen molar-refractivity contribution in [3.05, 3.63) is 18.0 Å². The Morgan fingerprint density at radius 2 is 2.05 bits per heavy atom. The third kappa shape index (κ3) is 3.07. The lowest BCUT2D eigenvalue weighted by Crippen LogP contribution is -2.33. The van der Waals surface area contributed by atoms with Gasteiger partial charge in [0.15, 0.2) is 0 Å². The fraction of sp³-hybridized carbons (Fsp3) is 0.714. The topological polar surface area (TPSA) is 68.3 Å². The lowest BCUT2D eigenvalue weighted by Gasteiger charge is -2.20. The van der Waals surface area contributed by atoms with Crippen LogP contribution in [-0.2, 0) is 23.1 Å². The first-order chi connectivity index (χ1) is 9.54. The first kappa shape index (κ1) is 15.5. The van der Waals surface area contributed by atoms with Gasteiger partial charge < -0.3 is 10.3 Å². The van der Waals surface area contributed by atoms with Crippen molar-refractivity contribution in [2.75, 3.05) is 6.54 Å². The van der Waals surface area contributed by atoms with E-state index in [1.54, 1.807) is 16.6 Å². The molecule has 2 rings (SSSR count). The van der Waals surface area contributed by atoms with Gasteiger partial charge in [-0.2, -0.15) is 4.31 Å². The fourth-order valence-corrected chi connectivity index (χ4v) is 4.35. The maximum atomic E-state index is 12.8. The number of hydrogen-bond acceptors (Lipinski definition) is 3. The van der Waals surface area contributed by atoms with Crippen molar-refractivity contribution in [2.45, 2.75) is 63.6 Å². The van der Waals surface area contributed by atoms with E-state index in [1.165, 1.54) is 0 Å². The van der Waals surface area contributed by atoms with Crippen LogP contribution in [0.1, 0.15) is 45.2 Å². The molecule has 0 bridgehead atoms. The highest BCUT2D eigenvalue weighted by Crippen LogP contribution is 2.32. The Bertz CT molecular complexity index is 547. The van der Waals surface area contributed by atoms with Crippen molar-refractivity contribution in [3.63, 3.8) is 0 Å². The summed E-state index contributed by atoms with van der Waals surface area (Å²) in [6.07, 6.45) is 5.51. The Kier molecular flexibility index (Phi) is 4.88. The van der Waals surface area contributed by atoms with E-state index >= 15 is 0 Å². The Morgan fingerprint density at radius 1 is 1.35 bits per heavy atom. The molecule has 0 atom stereocenters. The van der Waals surface area contributed by atoms with Crippen LogP contribution in [0.5, 0.6) is 0 Å². The highest BCUT2D eigenvalue weighted by molar-refractivity contribution is 7.89. The third-order valence-corrected chi connectivity index (χ3v) is 5.56. The van der Waals surface area contributed by atoms with Gasteiger partial charge in [0, 0.05) is 37.6 Å². The van der Waals surface area contributed by atoms with E-state index in [2.05, 4.69) is 6.92 Å². The van der Waals surface area contributed by atoms with E-state index in [4.69, 9.17) is 5.73 Å². The molecule has 1 aromatic heterocycles. The molecule has 5 nitrogen and oxygen atoms in total. The van der Waals surface area contributed by atoms with Gasteiger partial charge in [0.2, 0.25) is 10.0 Å². The molecule has 0 radical (unpaired) electrons. The van der Waals surface area contributed by atoms with Crippen LogP contribution >= 0.6 is 0 Å². The highest BCUT2D eigenvalue weighted by atomic mass is 32.2. The number of nitrogens with zero attached hydrogens (tertiary/aromatic N) is 2. The molecule has 0 saturated heterocycles. The number of sulfonamides is 1. The van der Waals surface area contributed by atoms with Crippen molar-refractivity contribution in [3.8, 4) is 0 Å². The van der Waals surface area contributed by atoms with Crippen LogP contribution in [0, 0.1) is 0 Å². The standard InChI is InChI=1S/C14H25N3O2S/c1-3-7-16-11-14(9-13(16)10-15)20(18,19)17(8-4-2)12-5-6-12/h9,11-12H,3-8,10,15H2,1-2H3. The molecule has 1 heterocycles. The summed E-state index contributed by atoms with van der Waals surface area (Å²) in [7, 11) is -3.37. The molecular weight excluding hydrogens is 274 g/mol. The fourth-order valence-electron chi connectivity index (χ4n) is 2.50. The summed E-state index contributed by atoms with van der Waals surface area (Å²) in [4.78, 5) is 0.395. The molecule has 0 aliphatic heterocycles. The average Bonchev–Trinajstić information content (AvgIpc) is 3.16. The summed E-state index contributed by atoms with van der Waals surface area (Å²) in [6, 6.07) is 1.94. The quantitative estimate of drug-likeness (QED) is 0.797. The average molecular weight is 299 g/mol. The third-order valence-electron chi connectivity index (χ3n) is 3.64. The first-order valence-electron chi connectivity index (χ1n) is 7.45. The van der Waals surface area contributed by atoms with Gasteiger partial charge in [-0.05, 0) is 31.7 Å². The molecule has 0 spiro atoms. The number of rotatable bonds is 8. The van der Waals surface area contributed by atoms with Gasteiger partial charge in [0.25, 0.3) is 0 Å². The lowest BCUT2D eigenvalue weighted by molar-refractivity contribution is 0.403. The van der Waals surface area contributed by atoms with Crippen LogP contribution in [0.3, 0.4) is 0 Å². The highest BCUT2D eigenvalue weighted by Gasteiger charge is 2.37. The second kappa shape index (κ2) is 6.28. The van der Waals surface area contributed by atoms with Crippen molar-refractivity contribution in [1.29, 1.82) is 0 Å². The maximum Gasteiger partial charge on any atom is 0.244 e. The SMILES string of the molecule is CCCN(C1CC1)S(=O)(=O)c1cc(CN)n(CCC)c1. The Balaban J connectivity index is 2.32. The molecule has 1 aromatic rings. The van der Waals surface area contributed by atoms with Crippen molar-refractivity contribution in [1.82, 2.24) is 8.87 Å². The molecule has 6 heteroatoms. The van der Waals surface area contributed by atoms with Crippen LogP contribution in [0.15, 0.2) is 17.2 Å². The first-order valence-corrected chi connectivity index (χ1v) is 8.89. The molecule has 2 N–H and O–H groups in total. The zero-order chi connectivity index (χ0) is 14.8. The second-order valence-electron chi connectivity index (χ2n) is 5.41. The van der Waals surface area contributed by atoms with Crippen molar-refractivity contribution < 1.29 is 8.42 Å². The summed E-state index contributed by atoms with van der Waals surface area (Å²) < 4.78 is 29.2. The zero-order valence-electron chi connectivity index (χ0n) is 12.4. The molecule has 114 valence electrons. The molecule has 1 aliphatic rings. The normalized spacial score (nSPS) is 16.0. The molecule has 1 saturated carbocycles. The predicted molar refractivity (Wildman–Crippen MR) is 79.8 cm³/mol. The van der Waals surface area contributed by atoms with Crippen LogP contribution in [0.25, 0.3) is 0 Å². The minimum atomic E-state index is -3.37. The summed E-state index contributed by atoms with van der Waals surface area (Å²) in [5, 5.41) is 0. The van der Waals surface area contributed by atoms with Gasteiger partial charge >= 0.3 is 0 Å². The summed E-state index contributed by atoms with van der Waals surface area (Å²) >= 11 is 0. The lowest BCUT2D eigenvalue weighted by atomic mass is 10.4. The Morgan fingerprint density at radius 3 is 2.55 bits per heavy atom. The zero-order valence-corrected chi connectivity index (χ0v) is 13.2. The Labute approximate surface area is 121 Å². The number of hydrogen-bond donors (Lipinski definition) is 1. The molecule has 1 aliphatic carbocycles. The van der Waals surface area contributed by atoms with E-state index in [1.807, 2.05) is 11.5 Å². The van der Waals surface area contributed by atoms with Gasteiger partial charge in [-0.25, -0.2) is 8.42 Å². The van der Waals surface area contributed by atoms with Crippen LogP contribution in [0.4, 0.5) is 0 Å². The van der Waals surface area contributed by atoms with E-state index in [9.17, 15) is 8.42 Å². The van der Waals surface area contributed by atoms with Crippen LogP contribution in [0.2, 0.25) is 0 Å². The summed E-state index contributed by atoms with van der Waals surface area (Å²) in [5.41, 5.74) is 6.60. The van der Waals surface area contributed by atoms with E-state index < -0.39 is 10.0 Å². The van der Waals surface area contributed by atoms with E-state index in [0.717, 1.165) is 37.9 Å². The van der Waals surface area contributed by atoms with Gasteiger partial charge in [0.05, 0.1) is 0 Å². The van der Waals surface area contributed by atoms with Crippen molar-refractivity contribution >= 4 is 10.0 Å². The van der Waals surface area contributed by atoms with E-state index in [-0.39, 0.29) is 6.04 Å². The number of nitrogens with two attached hydrogens (primary N) is 1. The molecule has 20 heavy (non-hydrogen) atoms. The summed E-state index contributed by atoms with van der Waals surface area (Å²) in [6.45, 7) is 5.86. The van der Waals surface area contributed by atoms with Crippen molar-refractivity contribution in [2.24, 2.45) is 5.73 Å². The minimum Gasteiger partial charge on any atom is -0.349 e. The molecule has 0 unspecified atom stereocenters. The largest absolute Gasteiger partial charge is 0.349 e. The Hall–Kier alpha value is -0.850.